The van der Waals surface area contributed by atoms with Gasteiger partial charge in [-0.3, -0.25) is 4.79 Å². The molecular weight excluding hydrogens is 239 g/mol. The fraction of sp³-hybridized carbons (Fsp3) is 0.300. The zero-order valence-electron chi connectivity index (χ0n) is 8.13. The molecule has 0 spiro atoms. The minimum atomic E-state index is -0.326. The second kappa shape index (κ2) is 5.83. The molecule has 1 rings (SSSR count). The summed E-state index contributed by atoms with van der Waals surface area (Å²) in [5.41, 5.74) is 0. The number of methoxy groups -OCH3 is 1. The molecule has 15 heavy (non-hydrogen) atoms. The van der Waals surface area contributed by atoms with Gasteiger partial charge in [0.25, 0.3) is 0 Å². The molecule has 1 aromatic carbocycles. The topological polar surface area (TPSA) is 35.5 Å². The van der Waals surface area contributed by atoms with Gasteiger partial charge in [-0.05, 0) is 12.1 Å². The average molecular weight is 249 g/mol. The Labute approximate surface area is 97.9 Å². The standard InChI is InChI=1S/C10H10Cl2O3/c1-14-9(13)5-6-15-8-4-2-3-7(11)10(8)12/h2-4H,5-6H2,1H3. The van der Waals surface area contributed by atoms with Crippen molar-refractivity contribution in [1.82, 2.24) is 0 Å². The lowest BCUT2D eigenvalue weighted by molar-refractivity contribution is -0.141. The Balaban J connectivity index is 2.51. The molecule has 3 nitrogen and oxygen atoms in total. The molecule has 0 fully saturated rings. The molecule has 0 aliphatic heterocycles. The number of esters is 1. The van der Waals surface area contributed by atoms with E-state index in [1.807, 2.05) is 0 Å². The van der Waals surface area contributed by atoms with Crippen molar-refractivity contribution >= 4 is 29.2 Å². The van der Waals surface area contributed by atoms with E-state index in [-0.39, 0.29) is 19.0 Å². The van der Waals surface area contributed by atoms with E-state index in [9.17, 15) is 4.79 Å². The Hall–Kier alpha value is -0.930. The number of benzene rings is 1. The molecule has 0 bridgehead atoms. The summed E-state index contributed by atoms with van der Waals surface area (Å²) in [4.78, 5) is 10.8. The Bertz CT molecular complexity index is 353. The van der Waals surface area contributed by atoms with Gasteiger partial charge in [-0.15, -0.1) is 0 Å². The number of hydrogen-bond acceptors (Lipinski definition) is 3. The number of rotatable bonds is 4. The molecule has 0 N–H and O–H groups in total. The number of halogens is 2. The van der Waals surface area contributed by atoms with Crippen LogP contribution in [0.2, 0.25) is 10.0 Å². The average Bonchev–Trinajstić information content (AvgIpc) is 2.24. The van der Waals surface area contributed by atoms with E-state index >= 15 is 0 Å². The van der Waals surface area contributed by atoms with Crippen molar-refractivity contribution < 1.29 is 14.3 Å². The van der Waals surface area contributed by atoms with Crippen molar-refractivity contribution in [3.05, 3.63) is 28.2 Å². The van der Waals surface area contributed by atoms with Crippen molar-refractivity contribution in [2.24, 2.45) is 0 Å². The molecule has 0 saturated heterocycles. The number of hydrogen-bond donors (Lipinski definition) is 0. The highest BCUT2D eigenvalue weighted by Gasteiger charge is 2.06. The molecule has 0 atom stereocenters. The van der Waals surface area contributed by atoms with Crippen LogP contribution in [0.5, 0.6) is 5.75 Å². The van der Waals surface area contributed by atoms with E-state index in [0.29, 0.717) is 15.8 Å². The first-order valence-corrected chi connectivity index (χ1v) is 5.04. The maximum Gasteiger partial charge on any atom is 0.308 e. The van der Waals surface area contributed by atoms with Crippen LogP contribution in [0.4, 0.5) is 0 Å². The van der Waals surface area contributed by atoms with Crippen LogP contribution in [0.15, 0.2) is 18.2 Å². The van der Waals surface area contributed by atoms with Gasteiger partial charge < -0.3 is 9.47 Å². The van der Waals surface area contributed by atoms with E-state index in [2.05, 4.69) is 4.74 Å². The highest BCUT2D eigenvalue weighted by atomic mass is 35.5. The summed E-state index contributed by atoms with van der Waals surface area (Å²) in [6.07, 6.45) is 0.180. The normalized spacial score (nSPS) is 9.80. The van der Waals surface area contributed by atoms with Gasteiger partial charge in [-0.1, -0.05) is 29.3 Å². The van der Waals surface area contributed by atoms with E-state index in [1.165, 1.54) is 7.11 Å². The van der Waals surface area contributed by atoms with Gasteiger partial charge in [-0.25, -0.2) is 0 Å². The summed E-state index contributed by atoms with van der Waals surface area (Å²) in [6.45, 7) is 0.215. The van der Waals surface area contributed by atoms with Crippen molar-refractivity contribution in [2.75, 3.05) is 13.7 Å². The van der Waals surface area contributed by atoms with Crippen LogP contribution < -0.4 is 4.74 Å². The van der Waals surface area contributed by atoms with Crippen LogP contribution in [0, 0.1) is 0 Å². The van der Waals surface area contributed by atoms with Crippen molar-refractivity contribution in [3.8, 4) is 5.75 Å². The smallest absolute Gasteiger partial charge is 0.308 e. The largest absolute Gasteiger partial charge is 0.491 e. The third kappa shape index (κ3) is 3.61. The van der Waals surface area contributed by atoms with E-state index in [1.54, 1.807) is 18.2 Å². The van der Waals surface area contributed by atoms with Crippen LogP contribution >= 0.6 is 23.2 Å². The third-order valence-electron chi connectivity index (χ3n) is 1.71. The SMILES string of the molecule is COC(=O)CCOc1cccc(Cl)c1Cl. The van der Waals surface area contributed by atoms with Crippen LogP contribution in [-0.2, 0) is 9.53 Å². The fourth-order valence-corrected chi connectivity index (χ4v) is 1.29. The van der Waals surface area contributed by atoms with Crippen LogP contribution in [0.3, 0.4) is 0 Å². The second-order valence-electron chi connectivity index (χ2n) is 2.73. The van der Waals surface area contributed by atoms with E-state index < -0.39 is 0 Å². The Morgan fingerprint density at radius 3 is 2.80 bits per heavy atom. The molecule has 1 aromatic rings. The van der Waals surface area contributed by atoms with Crippen molar-refractivity contribution in [1.29, 1.82) is 0 Å². The minimum Gasteiger partial charge on any atom is -0.491 e. The maximum absolute atomic E-state index is 10.8. The summed E-state index contributed by atoms with van der Waals surface area (Å²) in [7, 11) is 1.33. The molecule has 0 saturated carbocycles. The quantitative estimate of drug-likeness (QED) is 0.769. The van der Waals surface area contributed by atoms with E-state index in [4.69, 9.17) is 27.9 Å². The predicted octanol–water partition coefficient (Wildman–Crippen LogP) is 2.94. The first-order chi connectivity index (χ1) is 7.15. The predicted molar refractivity (Wildman–Crippen MR) is 58.6 cm³/mol. The number of carbonyl (C=O) groups excluding carboxylic acids is 1. The summed E-state index contributed by atoms with van der Waals surface area (Å²) < 4.78 is 9.74. The summed E-state index contributed by atoms with van der Waals surface area (Å²) in [5, 5.41) is 0.774. The third-order valence-corrected chi connectivity index (χ3v) is 2.51. The molecule has 0 heterocycles. The lowest BCUT2D eigenvalue weighted by atomic mass is 10.3. The molecule has 5 heteroatoms. The maximum atomic E-state index is 10.8. The van der Waals surface area contributed by atoms with Crippen molar-refractivity contribution in [3.63, 3.8) is 0 Å². The molecular formula is C10H10Cl2O3. The molecule has 82 valence electrons. The first kappa shape index (κ1) is 12.1. The van der Waals surface area contributed by atoms with Gasteiger partial charge in [0.15, 0.2) is 0 Å². The zero-order chi connectivity index (χ0) is 11.3. The summed E-state index contributed by atoms with van der Waals surface area (Å²) in [6, 6.07) is 5.07. The molecule has 0 amide bonds. The molecule has 0 aliphatic rings. The zero-order valence-corrected chi connectivity index (χ0v) is 9.64. The van der Waals surface area contributed by atoms with Crippen LogP contribution in [-0.4, -0.2) is 19.7 Å². The second-order valence-corrected chi connectivity index (χ2v) is 3.51. The lowest BCUT2D eigenvalue weighted by Gasteiger charge is -2.07. The minimum absolute atomic E-state index is 0.180. The fourth-order valence-electron chi connectivity index (χ4n) is 0.942. The first-order valence-electron chi connectivity index (χ1n) is 4.28. The van der Waals surface area contributed by atoms with Gasteiger partial charge >= 0.3 is 5.97 Å². The molecule has 0 aromatic heterocycles. The van der Waals surface area contributed by atoms with Gasteiger partial charge in [0.1, 0.15) is 10.8 Å². The lowest BCUT2D eigenvalue weighted by Crippen LogP contribution is -2.07. The monoisotopic (exact) mass is 248 g/mol. The number of ether oxygens (including phenoxy) is 2. The highest BCUT2D eigenvalue weighted by Crippen LogP contribution is 2.31. The summed E-state index contributed by atoms with van der Waals surface area (Å²) in [5.74, 6) is 0.140. The van der Waals surface area contributed by atoms with Gasteiger partial charge in [0.2, 0.25) is 0 Å². The summed E-state index contributed by atoms with van der Waals surface area (Å²) >= 11 is 11.6. The van der Waals surface area contributed by atoms with Crippen molar-refractivity contribution in [2.45, 2.75) is 6.42 Å². The molecule has 0 unspecified atom stereocenters. The van der Waals surface area contributed by atoms with Gasteiger partial charge in [0.05, 0.1) is 25.2 Å². The Morgan fingerprint density at radius 2 is 2.13 bits per heavy atom. The van der Waals surface area contributed by atoms with Crippen LogP contribution in [0.25, 0.3) is 0 Å². The van der Waals surface area contributed by atoms with Crippen LogP contribution in [0.1, 0.15) is 6.42 Å². The van der Waals surface area contributed by atoms with Gasteiger partial charge in [-0.2, -0.15) is 0 Å². The van der Waals surface area contributed by atoms with Gasteiger partial charge in [0, 0.05) is 0 Å². The Morgan fingerprint density at radius 1 is 1.40 bits per heavy atom. The molecule has 0 aliphatic carbocycles. The van der Waals surface area contributed by atoms with E-state index in [0.717, 1.165) is 0 Å². The molecule has 0 radical (unpaired) electrons. The highest BCUT2D eigenvalue weighted by molar-refractivity contribution is 6.42. The number of carbonyl (C=O) groups is 1. The Kier molecular flexibility index (Phi) is 4.72.